The molecule has 0 aliphatic heterocycles. The van der Waals surface area contributed by atoms with Gasteiger partial charge >= 0.3 is 0 Å². The van der Waals surface area contributed by atoms with Crippen molar-refractivity contribution in [3.63, 3.8) is 0 Å². The van der Waals surface area contributed by atoms with Crippen molar-refractivity contribution < 1.29 is 9.21 Å². The van der Waals surface area contributed by atoms with Gasteiger partial charge in [0, 0.05) is 5.56 Å². The lowest BCUT2D eigenvalue weighted by Gasteiger charge is -2.12. The maximum Gasteiger partial charge on any atom is 0.230 e. The Balaban J connectivity index is 1.58. The second-order valence-corrected chi connectivity index (χ2v) is 7.86. The Hall–Kier alpha value is -3.32. The summed E-state index contributed by atoms with van der Waals surface area (Å²) in [6.45, 7) is 4.54. The van der Waals surface area contributed by atoms with Crippen molar-refractivity contribution in [2.45, 2.75) is 25.5 Å². The number of rotatable bonds is 7. The standard InChI is InChI=1S/C23H22N4O2S/c1-16-10-11-19(13-17(16)2)27-22(18-7-4-3-5-8-18)25-26-23(27)30-15-21(28)24-14-20-9-6-12-29-20/h3-13H,14-15H2,1-2H3,(H,24,28). The molecule has 2 heterocycles. The molecule has 0 atom stereocenters. The molecule has 1 N–H and O–H groups in total. The van der Waals surface area contributed by atoms with Gasteiger partial charge in [-0.25, -0.2) is 0 Å². The molecule has 4 rings (SSSR count). The third-order valence-corrected chi connectivity index (χ3v) is 5.72. The van der Waals surface area contributed by atoms with Crippen molar-refractivity contribution in [3.8, 4) is 17.1 Å². The van der Waals surface area contributed by atoms with Crippen molar-refractivity contribution in [1.29, 1.82) is 0 Å². The maximum absolute atomic E-state index is 12.3. The molecule has 0 unspecified atom stereocenters. The number of hydrogen-bond donors (Lipinski definition) is 1. The third-order valence-electron chi connectivity index (χ3n) is 4.79. The summed E-state index contributed by atoms with van der Waals surface area (Å²) in [5, 5.41) is 12.3. The molecule has 0 bridgehead atoms. The van der Waals surface area contributed by atoms with Gasteiger partial charge in [0.2, 0.25) is 5.91 Å². The van der Waals surface area contributed by atoms with E-state index in [0.29, 0.717) is 11.7 Å². The van der Waals surface area contributed by atoms with Gasteiger partial charge in [-0.2, -0.15) is 0 Å². The predicted octanol–water partition coefficient (Wildman–Crippen LogP) is 4.55. The molecule has 0 spiro atoms. The zero-order valence-corrected chi connectivity index (χ0v) is 17.6. The molecule has 152 valence electrons. The normalized spacial score (nSPS) is 10.9. The molecule has 0 saturated heterocycles. The average molecular weight is 419 g/mol. The van der Waals surface area contributed by atoms with Crippen LogP contribution in [-0.2, 0) is 11.3 Å². The molecule has 0 radical (unpaired) electrons. The van der Waals surface area contributed by atoms with E-state index < -0.39 is 0 Å². The summed E-state index contributed by atoms with van der Waals surface area (Å²) in [5.41, 5.74) is 4.35. The lowest BCUT2D eigenvalue weighted by Crippen LogP contribution is -2.24. The smallest absolute Gasteiger partial charge is 0.230 e. The van der Waals surface area contributed by atoms with Gasteiger partial charge in [0.25, 0.3) is 0 Å². The number of nitrogens with one attached hydrogen (secondary N) is 1. The molecule has 4 aromatic rings. The highest BCUT2D eigenvalue weighted by Gasteiger charge is 2.17. The quantitative estimate of drug-likeness (QED) is 0.446. The van der Waals surface area contributed by atoms with Gasteiger partial charge < -0.3 is 9.73 Å². The highest BCUT2D eigenvalue weighted by molar-refractivity contribution is 7.99. The lowest BCUT2D eigenvalue weighted by molar-refractivity contribution is -0.118. The van der Waals surface area contributed by atoms with Crippen LogP contribution in [0.4, 0.5) is 0 Å². The molecular weight excluding hydrogens is 396 g/mol. The SMILES string of the molecule is Cc1ccc(-n2c(SCC(=O)NCc3ccco3)nnc2-c2ccccc2)cc1C. The summed E-state index contributed by atoms with van der Waals surface area (Å²) >= 11 is 1.36. The third kappa shape index (κ3) is 4.46. The summed E-state index contributed by atoms with van der Waals surface area (Å²) in [7, 11) is 0. The number of benzene rings is 2. The van der Waals surface area contributed by atoms with E-state index >= 15 is 0 Å². The number of amides is 1. The van der Waals surface area contributed by atoms with Gasteiger partial charge in [-0.1, -0.05) is 48.2 Å². The van der Waals surface area contributed by atoms with Crippen LogP contribution in [0.3, 0.4) is 0 Å². The first-order valence-electron chi connectivity index (χ1n) is 9.62. The molecule has 0 saturated carbocycles. The maximum atomic E-state index is 12.3. The number of aromatic nitrogens is 3. The Bertz CT molecular complexity index is 1140. The van der Waals surface area contributed by atoms with E-state index in [1.54, 1.807) is 12.3 Å². The molecule has 1 amide bonds. The van der Waals surface area contributed by atoms with Crippen molar-refractivity contribution >= 4 is 17.7 Å². The summed E-state index contributed by atoms with van der Waals surface area (Å²) in [6, 6.07) is 19.8. The van der Waals surface area contributed by atoms with Gasteiger partial charge in [0.1, 0.15) is 5.76 Å². The molecule has 6 nitrogen and oxygen atoms in total. The first-order valence-corrected chi connectivity index (χ1v) is 10.6. The van der Waals surface area contributed by atoms with E-state index in [4.69, 9.17) is 4.42 Å². The van der Waals surface area contributed by atoms with Gasteiger partial charge in [0.15, 0.2) is 11.0 Å². The Morgan fingerprint density at radius 1 is 1.03 bits per heavy atom. The minimum absolute atomic E-state index is 0.0905. The van der Waals surface area contributed by atoms with Crippen LogP contribution in [0.15, 0.2) is 76.5 Å². The Labute approximate surface area is 179 Å². The number of hydrogen-bond acceptors (Lipinski definition) is 5. The topological polar surface area (TPSA) is 73.0 Å². The van der Waals surface area contributed by atoms with Gasteiger partial charge in [-0.3, -0.25) is 9.36 Å². The minimum atomic E-state index is -0.0905. The number of thioether (sulfide) groups is 1. The minimum Gasteiger partial charge on any atom is -0.467 e. The van der Waals surface area contributed by atoms with Gasteiger partial charge in [0.05, 0.1) is 24.2 Å². The van der Waals surface area contributed by atoms with E-state index in [0.717, 1.165) is 22.8 Å². The fourth-order valence-electron chi connectivity index (χ4n) is 3.02. The van der Waals surface area contributed by atoms with Crippen LogP contribution in [0.1, 0.15) is 16.9 Å². The fraction of sp³-hybridized carbons (Fsp3) is 0.174. The number of nitrogens with zero attached hydrogens (tertiary/aromatic N) is 3. The Kier molecular flexibility index (Phi) is 5.99. The van der Waals surface area contributed by atoms with E-state index in [9.17, 15) is 4.79 Å². The van der Waals surface area contributed by atoms with Crippen LogP contribution in [0.2, 0.25) is 0 Å². The van der Waals surface area contributed by atoms with Crippen molar-refractivity contribution in [1.82, 2.24) is 20.1 Å². The molecule has 30 heavy (non-hydrogen) atoms. The highest BCUT2D eigenvalue weighted by Crippen LogP contribution is 2.28. The van der Waals surface area contributed by atoms with Crippen LogP contribution in [0.25, 0.3) is 17.1 Å². The molecule has 2 aromatic heterocycles. The molecular formula is C23H22N4O2S. The molecule has 2 aromatic carbocycles. The Morgan fingerprint density at radius 2 is 1.87 bits per heavy atom. The monoisotopic (exact) mass is 418 g/mol. The fourth-order valence-corrected chi connectivity index (χ4v) is 3.80. The second kappa shape index (κ2) is 9.00. The summed E-state index contributed by atoms with van der Waals surface area (Å²) in [5.74, 6) is 1.61. The second-order valence-electron chi connectivity index (χ2n) is 6.92. The van der Waals surface area contributed by atoms with E-state index in [2.05, 4.69) is 47.6 Å². The van der Waals surface area contributed by atoms with Crippen LogP contribution in [0, 0.1) is 13.8 Å². The summed E-state index contributed by atoms with van der Waals surface area (Å²) in [4.78, 5) is 12.3. The number of carbonyl (C=O) groups excluding carboxylic acids is 1. The first-order chi connectivity index (χ1) is 14.6. The zero-order valence-electron chi connectivity index (χ0n) is 16.8. The van der Waals surface area contributed by atoms with Crippen molar-refractivity contribution in [2.75, 3.05) is 5.75 Å². The summed E-state index contributed by atoms with van der Waals surface area (Å²) in [6.07, 6.45) is 1.59. The lowest BCUT2D eigenvalue weighted by atomic mass is 10.1. The number of aryl methyl sites for hydroxylation is 2. The number of carbonyl (C=O) groups is 1. The first kappa shape index (κ1) is 20.0. The summed E-state index contributed by atoms with van der Waals surface area (Å²) < 4.78 is 7.25. The largest absolute Gasteiger partial charge is 0.467 e. The van der Waals surface area contributed by atoms with Crippen LogP contribution >= 0.6 is 11.8 Å². The van der Waals surface area contributed by atoms with E-state index in [1.165, 1.54) is 22.9 Å². The van der Waals surface area contributed by atoms with Crippen LogP contribution in [-0.4, -0.2) is 26.4 Å². The van der Waals surface area contributed by atoms with Crippen LogP contribution < -0.4 is 5.32 Å². The van der Waals surface area contributed by atoms with Crippen molar-refractivity contribution in [2.24, 2.45) is 0 Å². The van der Waals surface area contributed by atoms with Crippen molar-refractivity contribution in [3.05, 3.63) is 83.8 Å². The Morgan fingerprint density at radius 3 is 2.60 bits per heavy atom. The highest BCUT2D eigenvalue weighted by atomic mass is 32.2. The molecule has 7 heteroatoms. The zero-order chi connectivity index (χ0) is 20.9. The van der Waals surface area contributed by atoms with Gasteiger partial charge in [-0.05, 0) is 49.2 Å². The van der Waals surface area contributed by atoms with Gasteiger partial charge in [-0.15, -0.1) is 10.2 Å². The molecule has 0 fully saturated rings. The predicted molar refractivity (Wildman–Crippen MR) is 118 cm³/mol. The van der Waals surface area contributed by atoms with E-state index in [1.807, 2.05) is 41.0 Å². The number of furan rings is 1. The molecule has 0 aliphatic carbocycles. The molecule has 0 aliphatic rings. The van der Waals surface area contributed by atoms with Crippen LogP contribution in [0.5, 0.6) is 0 Å². The van der Waals surface area contributed by atoms with E-state index in [-0.39, 0.29) is 11.7 Å². The average Bonchev–Trinajstić information content (AvgIpc) is 3.43.